The molecule has 0 aliphatic carbocycles. The van der Waals surface area contributed by atoms with Gasteiger partial charge in [0, 0.05) is 16.9 Å². The molecule has 0 bridgehead atoms. The van der Waals surface area contributed by atoms with Crippen molar-refractivity contribution in [1.82, 2.24) is 5.32 Å². The van der Waals surface area contributed by atoms with Crippen molar-refractivity contribution in [1.29, 1.82) is 0 Å². The SMILES string of the molecule is CC(OC(=O)NC(CCC(=O)OCc1ccccc1)c1ccc(Cl)cc1)C(=O)C(C)(C)C. The number of carbonyl (C=O) groups excluding carboxylic acids is 3. The van der Waals surface area contributed by atoms with Gasteiger partial charge < -0.3 is 14.8 Å². The maximum absolute atomic E-state index is 12.5. The number of carbonyl (C=O) groups is 3. The van der Waals surface area contributed by atoms with E-state index in [1.165, 1.54) is 0 Å². The molecule has 172 valence electrons. The first-order valence-electron chi connectivity index (χ1n) is 10.5. The van der Waals surface area contributed by atoms with Gasteiger partial charge in [-0.25, -0.2) is 4.79 Å². The van der Waals surface area contributed by atoms with Gasteiger partial charge in [0.05, 0.1) is 6.04 Å². The lowest BCUT2D eigenvalue weighted by molar-refractivity contribution is -0.145. The number of amides is 1. The topological polar surface area (TPSA) is 81.7 Å². The summed E-state index contributed by atoms with van der Waals surface area (Å²) in [5.74, 6) is -0.556. The zero-order valence-electron chi connectivity index (χ0n) is 18.9. The van der Waals surface area contributed by atoms with E-state index >= 15 is 0 Å². The molecule has 0 saturated carbocycles. The summed E-state index contributed by atoms with van der Waals surface area (Å²) in [4.78, 5) is 37.0. The molecule has 0 fully saturated rings. The van der Waals surface area contributed by atoms with Crippen LogP contribution in [0.4, 0.5) is 4.79 Å². The molecule has 6 nitrogen and oxygen atoms in total. The third-order valence-electron chi connectivity index (χ3n) is 4.84. The molecule has 0 heterocycles. The van der Waals surface area contributed by atoms with Crippen LogP contribution >= 0.6 is 11.6 Å². The normalized spacial score (nSPS) is 13.0. The van der Waals surface area contributed by atoms with Crippen LogP contribution in [0.25, 0.3) is 0 Å². The molecule has 0 radical (unpaired) electrons. The number of Topliss-reactive ketones (excluding diaryl/α,β-unsaturated/α-hetero) is 1. The standard InChI is InChI=1S/C25H30ClNO5/c1-17(23(29)25(2,3)4)32-24(30)27-21(19-10-12-20(26)13-11-19)14-15-22(28)31-16-18-8-6-5-7-9-18/h5-13,17,21H,14-16H2,1-4H3,(H,27,30). The van der Waals surface area contributed by atoms with Gasteiger partial charge in [0.25, 0.3) is 0 Å². The summed E-state index contributed by atoms with van der Waals surface area (Å²) in [5.41, 5.74) is 1.03. The van der Waals surface area contributed by atoms with Gasteiger partial charge >= 0.3 is 12.1 Å². The zero-order valence-corrected chi connectivity index (χ0v) is 19.6. The van der Waals surface area contributed by atoms with E-state index in [1.54, 1.807) is 52.0 Å². The average Bonchev–Trinajstić information content (AvgIpc) is 2.75. The van der Waals surface area contributed by atoms with Crippen molar-refractivity contribution >= 4 is 29.4 Å². The second-order valence-electron chi connectivity index (χ2n) is 8.60. The number of esters is 1. The Labute approximate surface area is 194 Å². The second kappa shape index (κ2) is 11.7. The highest BCUT2D eigenvalue weighted by Crippen LogP contribution is 2.23. The Morgan fingerprint density at radius 1 is 1.00 bits per heavy atom. The molecular formula is C25H30ClNO5. The summed E-state index contributed by atoms with van der Waals surface area (Å²) < 4.78 is 10.6. The van der Waals surface area contributed by atoms with E-state index in [-0.39, 0.29) is 24.8 Å². The number of ketones is 1. The van der Waals surface area contributed by atoms with Gasteiger partial charge in [-0.1, -0.05) is 74.8 Å². The number of rotatable bonds is 9. The van der Waals surface area contributed by atoms with Crippen molar-refractivity contribution in [2.24, 2.45) is 5.41 Å². The van der Waals surface area contributed by atoms with E-state index in [4.69, 9.17) is 21.1 Å². The van der Waals surface area contributed by atoms with Gasteiger partial charge in [-0.2, -0.15) is 0 Å². The van der Waals surface area contributed by atoms with E-state index in [1.807, 2.05) is 30.3 Å². The van der Waals surface area contributed by atoms with Crippen molar-refractivity contribution in [3.63, 3.8) is 0 Å². The van der Waals surface area contributed by atoms with Crippen LogP contribution in [0.1, 0.15) is 57.7 Å². The molecular weight excluding hydrogens is 430 g/mol. The summed E-state index contributed by atoms with van der Waals surface area (Å²) in [6, 6.07) is 15.8. The minimum absolute atomic E-state index is 0.0941. The van der Waals surface area contributed by atoms with Crippen molar-refractivity contribution < 1.29 is 23.9 Å². The number of halogens is 1. The third kappa shape index (κ3) is 8.35. The number of alkyl carbamates (subject to hydrolysis) is 1. The molecule has 0 aromatic heterocycles. The monoisotopic (exact) mass is 459 g/mol. The largest absolute Gasteiger partial charge is 0.461 e. The molecule has 0 saturated heterocycles. The minimum Gasteiger partial charge on any atom is -0.461 e. The van der Waals surface area contributed by atoms with Crippen LogP contribution in [0.5, 0.6) is 0 Å². The summed E-state index contributed by atoms with van der Waals surface area (Å²) >= 11 is 5.97. The Morgan fingerprint density at radius 3 is 2.22 bits per heavy atom. The van der Waals surface area contributed by atoms with Gasteiger partial charge in [-0.05, 0) is 36.6 Å². The third-order valence-corrected chi connectivity index (χ3v) is 5.09. The van der Waals surface area contributed by atoms with Crippen molar-refractivity contribution in [3.8, 4) is 0 Å². The molecule has 0 aliphatic rings. The van der Waals surface area contributed by atoms with Crippen LogP contribution in [-0.4, -0.2) is 23.9 Å². The molecule has 2 aromatic rings. The van der Waals surface area contributed by atoms with E-state index in [9.17, 15) is 14.4 Å². The van der Waals surface area contributed by atoms with Crippen molar-refractivity contribution in [2.45, 2.75) is 59.3 Å². The van der Waals surface area contributed by atoms with E-state index < -0.39 is 23.7 Å². The number of hydrogen-bond donors (Lipinski definition) is 1. The first kappa shape index (κ1) is 25.4. The Bertz CT molecular complexity index is 906. The van der Waals surface area contributed by atoms with Crippen LogP contribution in [0, 0.1) is 5.41 Å². The van der Waals surface area contributed by atoms with E-state index in [0.29, 0.717) is 11.4 Å². The lowest BCUT2D eigenvalue weighted by Crippen LogP contribution is -2.38. The van der Waals surface area contributed by atoms with Crippen LogP contribution in [0.3, 0.4) is 0 Å². The van der Waals surface area contributed by atoms with E-state index in [0.717, 1.165) is 11.1 Å². The Morgan fingerprint density at radius 2 is 1.62 bits per heavy atom. The number of benzene rings is 2. The van der Waals surface area contributed by atoms with Crippen LogP contribution in [0.15, 0.2) is 54.6 Å². The van der Waals surface area contributed by atoms with Crippen molar-refractivity contribution in [3.05, 3.63) is 70.7 Å². The van der Waals surface area contributed by atoms with Gasteiger partial charge in [0.15, 0.2) is 11.9 Å². The molecule has 1 amide bonds. The molecule has 2 atom stereocenters. The fraction of sp³-hybridized carbons (Fsp3) is 0.400. The predicted molar refractivity (Wildman–Crippen MR) is 123 cm³/mol. The summed E-state index contributed by atoms with van der Waals surface area (Å²) in [7, 11) is 0. The van der Waals surface area contributed by atoms with Crippen LogP contribution in [0.2, 0.25) is 5.02 Å². The lowest BCUT2D eigenvalue weighted by Gasteiger charge is -2.24. The number of hydrogen-bond acceptors (Lipinski definition) is 5. The zero-order chi connectivity index (χ0) is 23.7. The number of ether oxygens (including phenoxy) is 2. The smallest absolute Gasteiger partial charge is 0.408 e. The molecule has 32 heavy (non-hydrogen) atoms. The van der Waals surface area contributed by atoms with Gasteiger partial charge in [-0.15, -0.1) is 0 Å². The minimum atomic E-state index is -0.892. The van der Waals surface area contributed by atoms with Crippen LogP contribution in [-0.2, 0) is 25.7 Å². The van der Waals surface area contributed by atoms with E-state index in [2.05, 4.69) is 5.32 Å². The van der Waals surface area contributed by atoms with Crippen molar-refractivity contribution in [2.75, 3.05) is 0 Å². The maximum Gasteiger partial charge on any atom is 0.408 e. The Kier molecular flexibility index (Phi) is 9.27. The highest BCUT2D eigenvalue weighted by Gasteiger charge is 2.30. The quantitative estimate of drug-likeness (QED) is 0.491. The fourth-order valence-electron chi connectivity index (χ4n) is 3.09. The fourth-order valence-corrected chi connectivity index (χ4v) is 3.22. The molecule has 0 spiro atoms. The lowest BCUT2D eigenvalue weighted by atomic mass is 9.88. The molecule has 0 aliphatic heterocycles. The predicted octanol–water partition coefficient (Wildman–Crippen LogP) is 5.63. The first-order chi connectivity index (χ1) is 15.1. The molecule has 1 N–H and O–H groups in total. The first-order valence-corrected chi connectivity index (χ1v) is 10.9. The Balaban J connectivity index is 1.98. The molecule has 2 aromatic carbocycles. The number of nitrogens with one attached hydrogen (secondary N) is 1. The highest BCUT2D eigenvalue weighted by atomic mass is 35.5. The molecule has 2 rings (SSSR count). The second-order valence-corrected chi connectivity index (χ2v) is 9.03. The van der Waals surface area contributed by atoms with Gasteiger partial charge in [-0.3, -0.25) is 9.59 Å². The Hall–Kier alpha value is -2.86. The van der Waals surface area contributed by atoms with Gasteiger partial charge in [0.1, 0.15) is 6.61 Å². The molecule has 7 heteroatoms. The maximum atomic E-state index is 12.5. The summed E-state index contributed by atoms with van der Waals surface area (Å²) in [6.45, 7) is 7.04. The van der Waals surface area contributed by atoms with Gasteiger partial charge in [0.2, 0.25) is 0 Å². The molecule has 2 unspecified atom stereocenters. The highest BCUT2D eigenvalue weighted by molar-refractivity contribution is 6.30. The summed E-state index contributed by atoms with van der Waals surface area (Å²) in [6.07, 6.45) is -1.23. The van der Waals surface area contributed by atoms with Crippen LogP contribution < -0.4 is 5.32 Å². The average molecular weight is 460 g/mol. The summed E-state index contributed by atoms with van der Waals surface area (Å²) in [5, 5.41) is 3.31.